The van der Waals surface area contributed by atoms with E-state index < -0.39 is 0 Å². The number of anilines is 1. The smallest absolute Gasteiger partial charge is 0.244 e. The van der Waals surface area contributed by atoms with Gasteiger partial charge in [0, 0.05) is 24.4 Å². The highest BCUT2D eigenvalue weighted by atomic mass is 35.5. The molecule has 1 aromatic rings. The second-order valence-electron chi connectivity index (χ2n) is 4.94. The van der Waals surface area contributed by atoms with Crippen LogP contribution < -0.4 is 11.1 Å². The van der Waals surface area contributed by atoms with E-state index in [9.17, 15) is 4.79 Å². The molecule has 0 saturated heterocycles. The Bertz CT molecular complexity index is 824. The number of amides is 1. The summed E-state index contributed by atoms with van der Waals surface area (Å²) in [5.74, 6) is 0.243. The number of rotatable bonds is 4. The Balaban J connectivity index is 1.61. The number of nitrogen functional groups attached to an aromatic ring is 1. The van der Waals surface area contributed by atoms with Crippen molar-refractivity contribution in [3.8, 4) is 11.1 Å². The van der Waals surface area contributed by atoms with E-state index in [4.69, 9.17) is 21.8 Å². The molecule has 0 unspecified atom stereocenters. The van der Waals surface area contributed by atoms with Crippen molar-refractivity contribution < 1.29 is 9.21 Å². The number of carbonyl (C=O) groups excluding carboxylic acids is 1. The number of hydrogen-bond donors (Lipinski definition) is 2. The number of carbonyl (C=O) groups is 1. The van der Waals surface area contributed by atoms with Gasteiger partial charge in [0.2, 0.25) is 11.1 Å². The minimum absolute atomic E-state index is 0.200. The van der Waals surface area contributed by atoms with Gasteiger partial charge >= 0.3 is 0 Å². The first-order chi connectivity index (χ1) is 11.1. The number of halogens is 1. The first kappa shape index (κ1) is 15.1. The Labute approximate surface area is 138 Å². The summed E-state index contributed by atoms with van der Waals surface area (Å²) in [5.41, 5.74) is 8.97. The zero-order valence-corrected chi connectivity index (χ0v) is 12.8. The lowest BCUT2D eigenvalue weighted by molar-refractivity contribution is -0.116. The van der Waals surface area contributed by atoms with Crippen LogP contribution in [0.4, 0.5) is 5.82 Å². The fourth-order valence-electron chi connectivity index (χ4n) is 2.11. The van der Waals surface area contributed by atoms with Crippen molar-refractivity contribution in [2.45, 2.75) is 6.54 Å². The van der Waals surface area contributed by atoms with Gasteiger partial charge in [-0.15, -0.1) is 0 Å². The van der Waals surface area contributed by atoms with Gasteiger partial charge in [0.15, 0.2) is 6.26 Å². The zero-order valence-electron chi connectivity index (χ0n) is 12.0. The molecule has 1 aliphatic carbocycles. The Hall–Kier alpha value is -2.79. The molecule has 3 N–H and O–H groups in total. The summed E-state index contributed by atoms with van der Waals surface area (Å²) in [4.78, 5) is 15.8. The zero-order chi connectivity index (χ0) is 16.2. The van der Waals surface area contributed by atoms with Crippen molar-refractivity contribution in [3.05, 3.63) is 65.2 Å². The summed E-state index contributed by atoms with van der Waals surface area (Å²) in [6.07, 6.45) is 7.33. The van der Waals surface area contributed by atoms with E-state index in [0.717, 1.165) is 22.3 Å². The van der Waals surface area contributed by atoms with Crippen LogP contribution in [0.5, 0.6) is 0 Å². The van der Waals surface area contributed by atoms with Gasteiger partial charge in [-0.2, -0.15) is 0 Å². The van der Waals surface area contributed by atoms with Crippen molar-refractivity contribution >= 4 is 29.4 Å². The fourth-order valence-corrected chi connectivity index (χ4v) is 2.32. The highest BCUT2D eigenvalue weighted by Gasteiger charge is 2.12. The van der Waals surface area contributed by atoms with Crippen LogP contribution in [0.2, 0.25) is 5.22 Å². The molecule has 0 spiro atoms. The van der Waals surface area contributed by atoms with Crippen LogP contribution in [-0.2, 0) is 11.3 Å². The molecule has 115 valence electrons. The van der Waals surface area contributed by atoms with E-state index in [0.29, 0.717) is 12.4 Å². The molecular weight excluding hydrogens is 314 g/mol. The quantitative estimate of drug-likeness (QED) is 0.722. The van der Waals surface area contributed by atoms with E-state index in [-0.39, 0.29) is 11.1 Å². The number of nitrogens with two attached hydrogens (primary N) is 1. The molecule has 1 aromatic heterocycles. The van der Waals surface area contributed by atoms with Crippen LogP contribution in [0.3, 0.4) is 0 Å². The fraction of sp³-hybridized carbons (Fsp3) is 0.0588. The molecule has 0 aromatic carbocycles. The van der Waals surface area contributed by atoms with Crippen molar-refractivity contribution in [2.24, 2.45) is 0 Å². The molecule has 23 heavy (non-hydrogen) atoms. The lowest BCUT2D eigenvalue weighted by Gasteiger charge is -1.99. The first-order valence-corrected chi connectivity index (χ1v) is 7.25. The highest BCUT2D eigenvalue weighted by Crippen LogP contribution is 2.32. The Morgan fingerprint density at radius 1 is 1.43 bits per heavy atom. The number of pyridine rings is 1. The average molecular weight is 327 g/mol. The van der Waals surface area contributed by atoms with Crippen LogP contribution in [0.25, 0.3) is 17.2 Å². The molecule has 1 aliphatic heterocycles. The Kier molecular flexibility index (Phi) is 4.30. The number of nitrogens with zero attached hydrogens (tertiary/aromatic N) is 1. The lowest BCUT2D eigenvalue weighted by atomic mass is 10.2. The normalized spacial score (nSPS) is 11.2. The molecular formula is C17H13ClN3O2. The topological polar surface area (TPSA) is 81.2 Å². The molecule has 0 saturated carbocycles. The Morgan fingerprint density at radius 3 is 3.04 bits per heavy atom. The number of fused-ring (bicyclic) bond motifs is 1. The van der Waals surface area contributed by atoms with Gasteiger partial charge < -0.3 is 15.5 Å². The maximum absolute atomic E-state index is 11.8. The summed E-state index contributed by atoms with van der Waals surface area (Å²) < 4.78 is 5.00. The third-order valence-electron chi connectivity index (χ3n) is 3.26. The second-order valence-corrected chi connectivity index (χ2v) is 5.28. The van der Waals surface area contributed by atoms with Gasteiger partial charge in [-0.25, -0.2) is 4.98 Å². The molecule has 0 bridgehead atoms. The summed E-state index contributed by atoms with van der Waals surface area (Å²) in [6, 6.07) is 8.99. The van der Waals surface area contributed by atoms with Crippen LogP contribution in [0.15, 0.2) is 47.0 Å². The third-order valence-corrected chi connectivity index (χ3v) is 3.54. The van der Waals surface area contributed by atoms with E-state index in [1.165, 1.54) is 6.08 Å². The minimum Gasteiger partial charge on any atom is -0.441 e. The molecule has 2 aliphatic rings. The van der Waals surface area contributed by atoms with E-state index in [2.05, 4.69) is 16.6 Å². The number of aromatic nitrogens is 1. The second kappa shape index (κ2) is 6.54. The van der Waals surface area contributed by atoms with Crippen LogP contribution in [0, 0.1) is 6.26 Å². The molecule has 1 amide bonds. The predicted octanol–water partition coefficient (Wildman–Crippen LogP) is 3.14. The summed E-state index contributed by atoms with van der Waals surface area (Å²) in [5, 5.41) is 3.09. The van der Waals surface area contributed by atoms with E-state index in [1.807, 2.05) is 12.1 Å². The minimum atomic E-state index is -0.200. The molecule has 1 radical (unpaired) electrons. The van der Waals surface area contributed by atoms with Gasteiger partial charge in [0.05, 0.1) is 0 Å². The van der Waals surface area contributed by atoms with Crippen LogP contribution in [0.1, 0.15) is 11.1 Å². The molecule has 0 fully saturated rings. The summed E-state index contributed by atoms with van der Waals surface area (Å²) in [6.45, 7) is 0.397. The van der Waals surface area contributed by atoms with E-state index in [1.54, 1.807) is 30.5 Å². The molecule has 3 rings (SSSR count). The molecule has 2 heterocycles. The SMILES string of the molecule is Nc1ccc(/C=C/C(=O)NCc2cc3c[c]oc(Cl)c-3c2)cn1. The van der Waals surface area contributed by atoms with Gasteiger partial charge in [-0.3, -0.25) is 4.79 Å². The highest BCUT2D eigenvalue weighted by molar-refractivity contribution is 6.31. The van der Waals surface area contributed by atoms with Crippen LogP contribution in [-0.4, -0.2) is 10.9 Å². The van der Waals surface area contributed by atoms with Crippen molar-refractivity contribution in [1.29, 1.82) is 0 Å². The first-order valence-electron chi connectivity index (χ1n) is 6.87. The molecule has 5 nitrogen and oxygen atoms in total. The Morgan fingerprint density at radius 2 is 2.30 bits per heavy atom. The maximum atomic E-state index is 11.8. The van der Waals surface area contributed by atoms with Gasteiger partial charge in [0.1, 0.15) is 5.82 Å². The van der Waals surface area contributed by atoms with Crippen LogP contribution >= 0.6 is 11.6 Å². The predicted molar refractivity (Wildman–Crippen MR) is 88.7 cm³/mol. The number of nitrogens with one attached hydrogen (secondary N) is 1. The van der Waals surface area contributed by atoms with Gasteiger partial charge in [0.25, 0.3) is 0 Å². The third kappa shape index (κ3) is 3.70. The molecule has 0 atom stereocenters. The standard InChI is InChI=1S/C17H13ClN3O2/c18-17-14-8-12(7-13(14)5-6-23-17)10-21-16(22)4-2-11-1-3-15(19)20-9-11/h1-5,7-9H,10H2,(H2,19,20)(H,21,22)/b4-2+. The summed E-state index contributed by atoms with van der Waals surface area (Å²) in [7, 11) is 0. The van der Waals surface area contributed by atoms with Crippen molar-refractivity contribution in [2.75, 3.05) is 5.73 Å². The van der Waals surface area contributed by atoms with Gasteiger partial charge in [-0.05, 0) is 64.7 Å². The van der Waals surface area contributed by atoms with Crippen molar-refractivity contribution in [3.63, 3.8) is 0 Å². The van der Waals surface area contributed by atoms with Crippen molar-refractivity contribution in [1.82, 2.24) is 10.3 Å². The summed E-state index contributed by atoms with van der Waals surface area (Å²) >= 11 is 5.95. The van der Waals surface area contributed by atoms with E-state index >= 15 is 0 Å². The monoisotopic (exact) mass is 326 g/mol. The lowest BCUT2D eigenvalue weighted by Crippen LogP contribution is -2.19. The number of hydrogen-bond acceptors (Lipinski definition) is 4. The maximum Gasteiger partial charge on any atom is 0.244 e. The average Bonchev–Trinajstić information content (AvgIpc) is 2.97. The largest absolute Gasteiger partial charge is 0.441 e. The molecule has 6 heteroatoms. The van der Waals surface area contributed by atoms with Gasteiger partial charge in [-0.1, -0.05) is 0 Å².